The fourth-order valence-electron chi connectivity index (χ4n) is 2.15. The zero-order valence-electron chi connectivity index (χ0n) is 12.1. The van der Waals surface area contributed by atoms with Gasteiger partial charge in [0.15, 0.2) is 0 Å². The molecule has 0 radical (unpaired) electrons. The standard InChI is InChI=1S/C15H16FN5O/c1-2-5-13-19-21-15(22-13)17-8-10-9-18-20-14(10)11-6-3-4-7-12(11)16/h3-4,6-7,9H,2,5,8H2,1H3,(H,17,21)(H,18,20). The first-order valence-corrected chi connectivity index (χ1v) is 7.11. The van der Waals surface area contributed by atoms with Crippen LogP contribution in [0.15, 0.2) is 34.9 Å². The van der Waals surface area contributed by atoms with Crippen LogP contribution in [-0.4, -0.2) is 20.4 Å². The van der Waals surface area contributed by atoms with Crippen molar-refractivity contribution in [2.45, 2.75) is 26.3 Å². The van der Waals surface area contributed by atoms with Crippen LogP contribution in [0, 0.1) is 5.82 Å². The molecule has 2 aromatic heterocycles. The van der Waals surface area contributed by atoms with Gasteiger partial charge in [-0.1, -0.05) is 24.2 Å². The van der Waals surface area contributed by atoms with Gasteiger partial charge in [-0.3, -0.25) is 5.10 Å². The van der Waals surface area contributed by atoms with Gasteiger partial charge in [0, 0.05) is 24.1 Å². The number of hydrogen-bond donors (Lipinski definition) is 2. The fourth-order valence-corrected chi connectivity index (χ4v) is 2.15. The third kappa shape index (κ3) is 2.98. The number of benzene rings is 1. The van der Waals surface area contributed by atoms with E-state index in [9.17, 15) is 4.39 Å². The number of aromatic amines is 1. The molecule has 7 heteroatoms. The van der Waals surface area contributed by atoms with Gasteiger partial charge in [-0.15, -0.1) is 5.10 Å². The summed E-state index contributed by atoms with van der Waals surface area (Å²) < 4.78 is 19.3. The number of anilines is 1. The summed E-state index contributed by atoms with van der Waals surface area (Å²) in [5, 5.41) is 17.7. The number of aromatic nitrogens is 4. The third-order valence-electron chi connectivity index (χ3n) is 3.22. The van der Waals surface area contributed by atoms with Crippen LogP contribution >= 0.6 is 0 Å². The van der Waals surface area contributed by atoms with Crippen molar-refractivity contribution in [1.82, 2.24) is 20.4 Å². The maximum absolute atomic E-state index is 13.9. The molecule has 0 aliphatic carbocycles. The van der Waals surface area contributed by atoms with Gasteiger partial charge in [0.1, 0.15) is 5.82 Å². The van der Waals surface area contributed by atoms with E-state index in [4.69, 9.17) is 4.42 Å². The number of aryl methyl sites for hydroxylation is 1. The normalized spacial score (nSPS) is 10.8. The molecule has 114 valence electrons. The van der Waals surface area contributed by atoms with Crippen LogP contribution in [0.1, 0.15) is 24.8 Å². The summed E-state index contributed by atoms with van der Waals surface area (Å²) in [6.07, 6.45) is 3.35. The molecule has 0 fully saturated rings. The molecule has 6 nitrogen and oxygen atoms in total. The first-order chi connectivity index (χ1) is 10.8. The van der Waals surface area contributed by atoms with Crippen molar-refractivity contribution < 1.29 is 8.81 Å². The highest BCUT2D eigenvalue weighted by Gasteiger charge is 2.12. The fraction of sp³-hybridized carbons (Fsp3) is 0.267. The molecule has 2 N–H and O–H groups in total. The molecule has 0 spiro atoms. The van der Waals surface area contributed by atoms with E-state index in [2.05, 4.69) is 25.7 Å². The second kappa shape index (κ2) is 6.38. The lowest BCUT2D eigenvalue weighted by Crippen LogP contribution is -2.00. The highest BCUT2D eigenvalue weighted by molar-refractivity contribution is 5.63. The Bertz CT molecular complexity index is 752. The van der Waals surface area contributed by atoms with Crippen molar-refractivity contribution in [1.29, 1.82) is 0 Å². The van der Waals surface area contributed by atoms with Crippen molar-refractivity contribution in [2.75, 3.05) is 5.32 Å². The van der Waals surface area contributed by atoms with Crippen molar-refractivity contribution in [3.63, 3.8) is 0 Å². The molecule has 3 rings (SSSR count). The largest absolute Gasteiger partial charge is 0.408 e. The summed E-state index contributed by atoms with van der Waals surface area (Å²) in [5.41, 5.74) is 1.94. The van der Waals surface area contributed by atoms with E-state index in [-0.39, 0.29) is 5.82 Å². The van der Waals surface area contributed by atoms with Crippen LogP contribution in [0.2, 0.25) is 0 Å². The molecule has 0 aliphatic rings. The monoisotopic (exact) mass is 301 g/mol. The Morgan fingerprint density at radius 3 is 2.95 bits per heavy atom. The summed E-state index contributed by atoms with van der Waals surface area (Å²) in [5.74, 6) is 0.308. The van der Waals surface area contributed by atoms with E-state index in [1.165, 1.54) is 6.07 Å². The number of halogens is 1. The molecule has 3 aromatic rings. The van der Waals surface area contributed by atoms with Crippen molar-refractivity contribution in [3.8, 4) is 11.3 Å². The minimum Gasteiger partial charge on any atom is -0.408 e. The molecule has 0 aliphatic heterocycles. The zero-order valence-corrected chi connectivity index (χ0v) is 12.1. The quantitative estimate of drug-likeness (QED) is 0.731. The lowest BCUT2D eigenvalue weighted by Gasteiger charge is -2.04. The van der Waals surface area contributed by atoms with E-state index >= 15 is 0 Å². The summed E-state index contributed by atoms with van der Waals surface area (Å²) in [7, 11) is 0. The van der Waals surface area contributed by atoms with E-state index in [1.807, 2.05) is 6.92 Å². The summed E-state index contributed by atoms with van der Waals surface area (Å²) in [4.78, 5) is 0. The van der Waals surface area contributed by atoms with E-state index in [1.54, 1.807) is 24.4 Å². The Labute approximate surface area is 126 Å². The van der Waals surface area contributed by atoms with Crippen molar-refractivity contribution in [3.05, 3.63) is 47.7 Å². The smallest absolute Gasteiger partial charge is 0.315 e. The van der Waals surface area contributed by atoms with Crippen molar-refractivity contribution in [2.24, 2.45) is 0 Å². The topological polar surface area (TPSA) is 79.6 Å². The maximum atomic E-state index is 13.9. The first kappa shape index (κ1) is 14.2. The average molecular weight is 301 g/mol. The summed E-state index contributed by atoms with van der Waals surface area (Å²) in [6.45, 7) is 2.46. The Morgan fingerprint density at radius 1 is 1.27 bits per heavy atom. The lowest BCUT2D eigenvalue weighted by molar-refractivity contribution is 0.501. The molecule has 0 amide bonds. The second-order valence-electron chi connectivity index (χ2n) is 4.85. The average Bonchev–Trinajstić information content (AvgIpc) is 3.15. The highest BCUT2D eigenvalue weighted by atomic mass is 19.1. The van der Waals surface area contributed by atoms with Gasteiger partial charge in [0.2, 0.25) is 5.89 Å². The van der Waals surface area contributed by atoms with Crippen LogP contribution in [0.4, 0.5) is 10.4 Å². The Kier molecular flexibility index (Phi) is 4.13. The van der Waals surface area contributed by atoms with Gasteiger partial charge in [-0.05, 0) is 18.6 Å². The molecule has 2 heterocycles. The minimum atomic E-state index is -0.295. The van der Waals surface area contributed by atoms with Crippen LogP contribution < -0.4 is 5.32 Å². The van der Waals surface area contributed by atoms with Crippen LogP contribution in [-0.2, 0) is 13.0 Å². The molecular weight excluding hydrogens is 285 g/mol. The van der Waals surface area contributed by atoms with Crippen LogP contribution in [0.5, 0.6) is 0 Å². The third-order valence-corrected chi connectivity index (χ3v) is 3.22. The summed E-state index contributed by atoms with van der Waals surface area (Å²) >= 11 is 0. The SMILES string of the molecule is CCCc1nnc(NCc2cn[nH]c2-c2ccccc2F)o1. The van der Waals surface area contributed by atoms with Gasteiger partial charge in [0.25, 0.3) is 0 Å². The second-order valence-corrected chi connectivity index (χ2v) is 4.85. The maximum Gasteiger partial charge on any atom is 0.315 e. The Hall–Kier alpha value is -2.70. The molecule has 22 heavy (non-hydrogen) atoms. The van der Waals surface area contributed by atoms with E-state index in [0.29, 0.717) is 29.7 Å². The zero-order chi connectivity index (χ0) is 15.4. The molecule has 0 unspecified atom stereocenters. The number of rotatable bonds is 6. The number of nitrogens with zero attached hydrogens (tertiary/aromatic N) is 3. The number of H-pyrrole nitrogens is 1. The molecular formula is C15H16FN5O. The minimum absolute atomic E-state index is 0.295. The molecule has 1 aromatic carbocycles. The van der Waals surface area contributed by atoms with Gasteiger partial charge < -0.3 is 9.73 Å². The predicted octanol–water partition coefficient (Wildman–Crippen LogP) is 3.16. The summed E-state index contributed by atoms with van der Waals surface area (Å²) in [6, 6.07) is 6.91. The van der Waals surface area contributed by atoms with Gasteiger partial charge in [-0.2, -0.15) is 5.10 Å². The van der Waals surface area contributed by atoms with Crippen molar-refractivity contribution >= 4 is 6.01 Å². The van der Waals surface area contributed by atoms with Crippen LogP contribution in [0.3, 0.4) is 0 Å². The van der Waals surface area contributed by atoms with Crippen LogP contribution in [0.25, 0.3) is 11.3 Å². The van der Waals surface area contributed by atoms with Gasteiger partial charge in [0.05, 0.1) is 11.9 Å². The van der Waals surface area contributed by atoms with E-state index in [0.717, 1.165) is 18.4 Å². The number of nitrogens with one attached hydrogen (secondary N) is 2. The molecule has 0 atom stereocenters. The highest BCUT2D eigenvalue weighted by Crippen LogP contribution is 2.24. The number of hydrogen-bond acceptors (Lipinski definition) is 5. The van der Waals surface area contributed by atoms with Gasteiger partial charge >= 0.3 is 6.01 Å². The van der Waals surface area contributed by atoms with Gasteiger partial charge in [-0.25, -0.2) is 4.39 Å². The lowest BCUT2D eigenvalue weighted by atomic mass is 10.1. The molecule has 0 saturated heterocycles. The Balaban J connectivity index is 1.74. The molecule has 0 bridgehead atoms. The molecule has 0 saturated carbocycles. The first-order valence-electron chi connectivity index (χ1n) is 7.11. The Morgan fingerprint density at radius 2 is 2.14 bits per heavy atom. The predicted molar refractivity (Wildman–Crippen MR) is 79.6 cm³/mol. The van der Waals surface area contributed by atoms with E-state index < -0.39 is 0 Å².